The Kier molecular flexibility index (Phi) is 5.43. The normalized spacial score (nSPS) is 10.9. The van der Waals surface area contributed by atoms with Crippen LogP contribution in [-0.2, 0) is 13.5 Å². The first-order valence-electron chi connectivity index (χ1n) is 9.53. The van der Waals surface area contributed by atoms with Crippen molar-refractivity contribution in [2.45, 2.75) is 6.42 Å². The smallest absolute Gasteiger partial charge is 0.251 e. The first kappa shape index (κ1) is 19.6. The van der Waals surface area contributed by atoms with Gasteiger partial charge in [0.1, 0.15) is 11.6 Å². The molecule has 7 heteroatoms. The van der Waals surface area contributed by atoms with Gasteiger partial charge in [-0.3, -0.25) is 4.79 Å². The fourth-order valence-electron chi connectivity index (χ4n) is 3.31. The van der Waals surface area contributed by atoms with Crippen molar-refractivity contribution in [2.75, 3.05) is 13.7 Å². The van der Waals surface area contributed by atoms with Gasteiger partial charge in [0.2, 0.25) is 0 Å². The molecule has 0 saturated carbocycles. The Morgan fingerprint density at radius 3 is 2.67 bits per heavy atom. The molecule has 6 nitrogen and oxygen atoms in total. The highest BCUT2D eigenvalue weighted by atomic mass is 19.1. The third-order valence-electron chi connectivity index (χ3n) is 4.98. The number of fused-ring (bicyclic) bond motifs is 1. The van der Waals surface area contributed by atoms with Crippen LogP contribution in [0, 0.1) is 5.82 Å². The fourth-order valence-corrected chi connectivity index (χ4v) is 3.31. The van der Waals surface area contributed by atoms with Gasteiger partial charge in [-0.25, -0.2) is 14.4 Å². The van der Waals surface area contributed by atoms with E-state index in [1.165, 1.54) is 12.1 Å². The van der Waals surface area contributed by atoms with Crippen molar-refractivity contribution in [1.82, 2.24) is 19.9 Å². The highest BCUT2D eigenvalue weighted by molar-refractivity contribution is 5.99. The molecule has 0 bridgehead atoms. The Bertz CT molecular complexity index is 1200. The second-order valence-corrected chi connectivity index (χ2v) is 6.95. The maximum Gasteiger partial charge on any atom is 0.251 e. The van der Waals surface area contributed by atoms with Crippen molar-refractivity contribution < 1.29 is 13.9 Å². The first-order valence-corrected chi connectivity index (χ1v) is 9.53. The predicted molar refractivity (Wildman–Crippen MR) is 113 cm³/mol. The van der Waals surface area contributed by atoms with E-state index in [0.29, 0.717) is 35.5 Å². The molecule has 0 aliphatic rings. The Labute approximate surface area is 173 Å². The maximum absolute atomic E-state index is 13.3. The SMILES string of the molecule is COc1cc(-c2ccc(F)cc2)nc2cc(C(=O)NCCc3cncn3C)ccc12. The number of rotatable bonds is 6. The molecule has 2 aromatic heterocycles. The number of nitrogens with zero attached hydrogens (tertiary/aromatic N) is 3. The number of amides is 1. The van der Waals surface area contributed by atoms with Crippen LogP contribution in [0.4, 0.5) is 4.39 Å². The number of aromatic nitrogens is 3. The minimum Gasteiger partial charge on any atom is -0.496 e. The number of nitrogens with one attached hydrogen (secondary N) is 1. The molecule has 1 amide bonds. The predicted octanol–water partition coefficient (Wildman–Crippen LogP) is 3.76. The number of hydrogen-bond acceptors (Lipinski definition) is 4. The van der Waals surface area contributed by atoms with Gasteiger partial charge in [0.05, 0.1) is 24.6 Å². The van der Waals surface area contributed by atoms with Crippen LogP contribution < -0.4 is 10.1 Å². The van der Waals surface area contributed by atoms with E-state index in [9.17, 15) is 9.18 Å². The van der Waals surface area contributed by atoms with E-state index in [4.69, 9.17) is 4.74 Å². The molecule has 0 spiro atoms. The third kappa shape index (κ3) is 4.00. The van der Waals surface area contributed by atoms with Crippen molar-refractivity contribution >= 4 is 16.8 Å². The van der Waals surface area contributed by atoms with Gasteiger partial charge in [0.15, 0.2) is 0 Å². The summed E-state index contributed by atoms with van der Waals surface area (Å²) in [5.74, 6) is 0.158. The molecule has 0 aliphatic heterocycles. The summed E-state index contributed by atoms with van der Waals surface area (Å²) in [5.41, 5.74) is 3.60. The Morgan fingerprint density at radius 2 is 1.97 bits per heavy atom. The quantitative estimate of drug-likeness (QED) is 0.531. The van der Waals surface area contributed by atoms with Crippen LogP contribution >= 0.6 is 0 Å². The molecular formula is C23H21FN4O2. The minimum atomic E-state index is -0.309. The van der Waals surface area contributed by atoms with Crippen molar-refractivity contribution in [3.8, 4) is 17.0 Å². The number of imidazole rings is 1. The summed E-state index contributed by atoms with van der Waals surface area (Å²) in [6, 6.07) is 13.2. The topological polar surface area (TPSA) is 69.0 Å². The number of hydrogen-bond donors (Lipinski definition) is 1. The van der Waals surface area contributed by atoms with Gasteiger partial charge in [-0.15, -0.1) is 0 Å². The number of benzene rings is 2. The first-order chi connectivity index (χ1) is 14.5. The minimum absolute atomic E-state index is 0.174. The summed E-state index contributed by atoms with van der Waals surface area (Å²) < 4.78 is 20.7. The number of pyridine rings is 1. The Hall–Kier alpha value is -3.74. The number of aryl methyl sites for hydroxylation is 1. The number of carbonyl (C=O) groups is 1. The molecule has 0 unspecified atom stereocenters. The van der Waals surface area contributed by atoms with Crippen LogP contribution in [0.2, 0.25) is 0 Å². The largest absolute Gasteiger partial charge is 0.496 e. The lowest BCUT2D eigenvalue weighted by Crippen LogP contribution is -2.26. The zero-order valence-corrected chi connectivity index (χ0v) is 16.7. The summed E-state index contributed by atoms with van der Waals surface area (Å²) in [5, 5.41) is 3.73. The Balaban J connectivity index is 1.59. The lowest BCUT2D eigenvalue weighted by Gasteiger charge is -2.11. The fraction of sp³-hybridized carbons (Fsp3) is 0.174. The van der Waals surface area contributed by atoms with Crippen LogP contribution in [0.15, 0.2) is 61.1 Å². The monoisotopic (exact) mass is 404 g/mol. The van der Waals surface area contributed by atoms with Crippen LogP contribution in [-0.4, -0.2) is 34.1 Å². The highest BCUT2D eigenvalue weighted by Gasteiger charge is 2.12. The van der Waals surface area contributed by atoms with Crippen LogP contribution in [0.25, 0.3) is 22.2 Å². The van der Waals surface area contributed by atoms with Crippen molar-refractivity contribution in [3.05, 3.63) is 78.1 Å². The standard InChI is InChI=1S/C23H21FN4O2/c1-28-14-25-13-18(28)9-10-26-23(29)16-5-8-19-21(11-16)27-20(12-22(19)30-2)15-3-6-17(24)7-4-15/h3-8,11-14H,9-10H2,1-2H3,(H,26,29). The second kappa shape index (κ2) is 8.32. The van der Waals surface area contributed by atoms with Gasteiger partial charge >= 0.3 is 0 Å². The zero-order chi connectivity index (χ0) is 21.1. The molecule has 4 rings (SSSR count). The van der Waals surface area contributed by atoms with E-state index in [-0.39, 0.29) is 11.7 Å². The number of methoxy groups -OCH3 is 1. The van der Waals surface area contributed by atoms with Crippen molar-refractivity contribution in [1.29, 1.82) is 0 Å². The molecule has 30 heavy (non-hydrogen) atoms. The number of carbonyl (C=O) groups excluding carboxylic acids is 1. The molecule has 0 atom stereocenters. The van der Waals surface area contributed by atoms with E-state index in [2.05, 4.69) is 15.3 Å². The van der Waals surface area contributed by atoms with Gasteiger partial charge in [0, 0.05) is 54.5 Å². The molecule has 152 valence electrons. The zero-order valence-electron chi connectivity index (χ0n) is 16.7. The van der Waals surface area contributed by atoms with E-state index in [0.717, 1.165) is 16.6 Å². The van der Waals surface area contributed by atoms with E-state index < -0.39 is 0 Å². The third-order valence-corrected chi connectivity index (χ3v) is 4.98. The van der Waals surface area contributed by atoms with Crippen molar-refractivity contribution in [2.24, 2.45) is 7.05 Å². The number of halogens is 1. The summed E-state index contributed by atoms with van der Waals surface area (Å²) in [4.78, 5) is 21.4. The van der Waals surface area contributed by atoms with E-state index in [1.807, 2.05) is 23.7 Å². The van der Waals surface area contributed by atoms with Crippen molar-refractivity contribution in [3.63, 3.8) is 0 Å². The van der Waals surface area contributed by atoms with Crippen LogP contribution in [0.1, 0.15) is 16.1 Å². The molecule has 0 radical (unpaired) electrons. The molecule has 0 fully saturated rings. The van der Waals surface area contributed by atoms with Gasteiger partial charge in [-0.05, 0) is 42.5 Å². The molecular weight excluding hydrogens is 383 g/mol. The Morgan fingerprint density at radius 1 is 1.17 bits per heavy atom. The highest BCUT2D eigenvalue weighted by Crippen LogP contribution is 2.30. The molecule has 2 aromatic carbocycles. The van der Waals surface area contributed by atoms with Gasteiger partial charge in [0.25, 0.3) is 5.91 Å². The molecule has 0 saturated heterocycles. The average molecular weight is 404 g/mol. The van der Waals surface area contributed by atoms with Gasteiger partial charge in [-0.2, -0.15) is 0 Å². The number of ether oxygens (including phenoxy) is 1. The van der Waals surface area contributed by atoms with Gasteiger partial charge in [-0.1, -0.05) is 0 Å². The summed E-state index contributed by atoms with van der Waals surface area (Å²) >= 11 is 0. The summed E-state index contributed by atoms with van der Waals surface area (Å²) in [7, 11) is 3.51. The molecule has 4 aromatic rings. The average Bonchev–Trinajstić information content (AvgIpc) is 3.17. The second-order valence-electron chi connectivity index (χ2n) is 6.95. The van der Waals surface area contributed by atoms with Crippen LogP contribution in [0.5, 0.6) is 5.75 Å². The molecule has 1 N–H and O–H groups in total. The van der Waals surface area contributed by atoms with Crippen LogP contribution in [0.3, 0.4) is 0 Å². The molecule has 2 heterocycles. The van der Waals surface area contributed by atoms with E-state index >= 15 is 0 Å². The lowest BCUT2D eigenvalue weighted by molar-refractivity contribution is 0.0954. The lowest BCUT2D eigenvalue weighted by atomic mass is 10.1. The molecule has 0 aliphatic carbocycles. The maximum atomic E-state index is 13.3. The summed E-state index contributed by atoms with van der Waals surface area (Å²) in [6.07, 6.45) is 4.21. The summed E-state index contributed by atoms with van der Waals surface area (Å²) in [6.45, 7) is 0.503. The van der Waals surface area contributed by atoms with Gasteiger partial charge < -0.3 is 14.6 Å². The van der Waals surface area contributed by atoms with E-state index in [1.54, 1.807) is 43.9 Å².